The van der Waals surface area contributed by atoms with E-state index in [2.05, 4.69) is 54.6 Å². The Hall–Kier alpha value is -2.87. The molecule has 1 aliphatic rings. The summed E-state index contributed by atoms with van der Waals surface area (Å²) in [4.78, 5) is 13.0. The van der Waals surface area contributed by atoms with E-state index in [4.69, 9.17) is 4.74 Å². The van der Waals surface area contributed by atoms with E-state index in [1.165, 1.54) is 33.4 Å². The molecule has 4 aromatic rings. The molecule has 0 heterocycles. The van der Waals surface area contributed by atoms with Crippen molar-refractivity contribution in [1.82, 2.24) is 0 Å². The van der Waals surface area contributed by atoms with Gasteiger partial charge in [0, 0.05) is 0 Å². The largest absolute Gasteiger partial charge is 0.462 e. The minimum atomic E-state index is -0.199. The van der Waals surface area contributed by atoms with E-state index < -0.39 is 0 Å². The second kappa shape index (κ2) is 7.27. The molecule has 1 atom stereocenters. The third-order valence-electron chi connectivity index (χ3n) is 6.09. The fraction of sp³-hybridized carbons (Fsp3) is 0.269. The number of carbonyl (C=O) groups is 1. The van der Waals surface area contributed by atoms with Crippen LogP contribution in [0.3, 0.4) is 0 Å². The number of esters is 1. The fourth-order valence-electron chi connectivity index (χ4n) is 4.59. The molecule has 1 aliphatic carbocycles. The lowest BCUT2D eigenvalue weighted by Gasteiger charge is -2.18. The first kappa shape index (κ1) is 17.2. The number of allylic oxidation sites excluding steroid dienone is 2. The highest BCUT2D eigenvalue weighted by atomic mass is 16.5. The number of benzene rings is 4. The Balaban J connectivity index is 1.48. The number of hydrogen-bond acceptors (Lipinski definition) is 2. The lowest BCUT2D eigenvalue weighted by Crippen LogP contribution is -2.15. The van der Waals surface area contributed by atoms with Crippen molar-refractivity contribution >= 4 is 38.3 Å². The van der Waals surface area contributed by atoms with Gasteiger partial charge in [0.1, 0.15) is 0 Å². The Morgan fingerprint density at radius 3 is 2.39 bits per heavy atom. The monoisotopic (exact) mass is 368 g/mol. The highest BCUT2D eigenvalue weighted by Crippen LogP contribution is 2.36. The van der Waals surface area contributed by atoms with Crippen LogP contribution in [0.5, 0.6) is 0 Å². The van der Waals surface area contributed by atoms with Gasteiger partial charge in [-0.25, -0.2) is 4.79 Å². The number of ether oxygens (including phenoxy) is 1. The van der Waals surface area contributed by atoms with E-state index in [9.17, 15) is 4.79 Å². The SMILES string of the molecule is O=C(OCC1CC/C=C\CCC1)c1ccc2ccc3cccc4ccc1c2c34. The van der Waals surface area contributed by atoms with E-state index in [0.717, 1.165) is 31.1 Å². The smallest absolute Gasteiger partial charge is 0.338 e. The van der Waals surface area contributed by atoms with Crippen molar-refractivity contribution < 1.29 is 9.53 Å². The van der Waals surface area contributed by atoms with Crippen LogP contribution in [0.1, 0.15) is 42.5 Å². The molecule has 0 N–H and O–H groups in total. The van der Waals surface area contributed by atoms with Crippen LogP contribution in [0.4, 0.5) is 0 Å². The number of carbonyl (C=O) groups excluding carboxylic acids is 1. The van der Waals surface area contributed by atoms with Gasteiger partial charge in [-0.2, -0.15) is 0 Å². The Bertz CT molecular complexity index is 1160. The molecule has 0 radical (unpaired) electrons. The molecule has 0 saturated heterocycles. The van der Waals surface area contributed by atoms with Crippen molar-refractivity contribution in [3.8, 4) is 0 Å². The molecule has 5 rings (SSSR count). The maximum atomic E-state index is 13.0. The van der Waals surface area contributed by atoms with Crippen LogP contribution in [0, 0.1) is 5.92 Å². The third-order valence-corrected chi connectivity index (χ3v) is 6.09. The molecule has 0 spiro atoms. The zero-order chi connectivity index (χ0) is 18.9. The molecule has 0 amide bonds. The predicted octanol–water partition coefficient (Wildman–Crippen LogP) is 6.88. The minimum Gasteiger partial charge on any atom is -0.462 e. The molecule has 140 valence electrons. The summed E-state index contributed by atoms with van der Waals surface area (Å²) in [5, 5.41) is 6.99. The van der Waals surface area contributed by atoms with E-state index in [1.807, 2.05) is 12.1 Å². The van der Waals surface area contributed by atoms with E-state index >= 15 is 0 Å². The highest BCUT2D eigenvalue weighted by Gasteiger charge is 2.18. The fourth-order valence-corrected chi connectivity index (χ4v) is 4.59. The molecule has 28 heavy (non-hydrogen) atoms. The summed E-state index contributed by atoms with van der Waals surface area (Å²) in [6.45, 7) is 0.522. The van der Waals surface area contributed by atoms with Gasteiger partial charge in [0.15, 0.2) is 0 Å². The van der Waals surface area contributed by atoms with Crippen LogP contribution < -0.4 is 0 Å². The van der Waals surface area contributed by atoms with Gasteiger partial charge in [0.25, 0.3) is 0 Å². The third kappa shape index (κ3) is 3.03. The zero-order valence-electron chi connectivity index (χ0n) is 16.0. The van der Waals surface area contributed by atoms with Gasteiger partial charge < -0.3 is 4.74 Å². The second-order valence-electron chi connectivity index (χ2n) is 7.91. The summed E-state index contributed by atoms with van der Waals surface area (Å²) in [5.41, 5.74) is 0.677. The van der Waals surface area contributed by atoms with Gasteiger partial charge in [-0.3, -0.25) is 0 Å². The summed E-state index contributed by atoms with van der Waals surface area (Å²) in [6, 6.07) is 18.8. The van der Waals surface area contributed by atoms with Crippen molar-refractivity contribution in [1.29, 1.82) is 0 Å². The lowest BCUT2D eigenvalue weighted by atomic mass is 9.92. The quantitative estimate of drug-likeness (QED) is 0.224. The van der Waals surface area contributed by atoms with Gasteiger partial charge in [-0.15, -0.1) is 0 Å². The maximum Gasteiger partial charge on any atom is 0.338 e. The second-order valence-corrected chi connectivity index (χ2v) is 7.91. The van der Waals surface area contributed by atoms with Gasteiger partial charge in [-0.05, 0) is 76.4 Å². The van der Waals surface area contributed by atoms with Gasteiger partial charge in [0.2, 0.25) is 0 Å². The average Bonchev–Trinajstić information content (AvgIpc) is 2.71. The summed E-state index contributed by atoms with van der Waals surface area (Å²) in [7, 11) is 0. The number of hydrogen-bond donors (Lipinski definition) is 0. The molecule has 2 heteroatoms. The van der Waals surface area contributed by atoms with E-state index in [1.54, 1.807) is 0 Å². The van der Waals surface area contributed by atoms with Crippen LogP contribution in [0.25, 0.3) is 32.3 Å². The summed E-state index contributed by atoms with van der Waals surface area (Å²) in [6.07, 6.45) is 10.2. The minimum absolute atomic E-state index is 0.199. The summed E-state index contributed by atoms with van der Waals surface area (Å²) < 4.78 is 5.79. The van der Waals surface area contributed by atoms with E-state index in [-0.39, 0.29) is 5.97 Å². The zero-order valence-corrected chi connectivity index (χ0v) is 16.0. The van der Waals surface area contributed by atoms with Crippen LogP contribution in [-0.4, -0.2) is 12.6 Å². The molecule has 4 aromatic carbocycles. The van der Waals surface area contributed by atoms with Crippen molar-refractivity contribution in [3.05, 3.63) is 72.3 Å². The van der Waals surface area contributed by atoms with Crippen molar-refractivity contribution in [2.45, 2.75) is 32.1 Å². The highest BCUT2D eigenvalue weighted by molar-refractivity contribution is 6.25. The lowest BCUT2D eigenvalue weighted by molar-refractivity contribution is 0.0427. The molecule has 0 aliphatic heterocycles. The molecule has 0 aromatic heterocycles. The standard InChI is InChI=1S/C26H24O2/c27-26(28-17-18-7-4-2-1-3-5-8-18)23-16-14-21-12-11-19-9-6-10-20-13-15-22(23)25(21)24(19)20/h1-2,6,9-16,18H,3-5,7-8,17H2/b2-1-. The van der Waals surface area contributed by atoms with Crippen LogP contribution in [0.15, 0.2) is 66.7 Å². The Morgan fingerprint density at radius 2 is 1.54 bits per heavy atom. The van der Waals surface area contributed by atoms with Crippen LogP contribution >= 0.6 is 0 Å². The molecule has 0 bridgehead atoms. The first-order valence-electron chi connectivity index (χ1n) is 10.3. The Kier molecular flexibility index (Phi) is 4.48. The molecular formula is C26H24O2. The van der Waals surface area contributed by atoms with Gasteiger partial charge in [0.05, 0.1) is 12.2 Å². The maximum absolute atomic E-state index is 13.0. The van der Waals surface area contributed by atoms with E-state index in [0.29, 0.717) is 18.1 Å². The molecule has 2 nitrogen and oxygen atoms in total. The molecular weight excluding hydrogens is 344 g/mol. The molecule has 1 unspecified atom stereocenters. The van der Waals surface area contributed by atoms with Crippen molar-refractivity contribution in [3.63, 3.8) is 0 Å². The molecule has 0 saturated carbocycles. The first-order chi connectivity index (χ1) is 13.8. The topological polar surface area (TPSA) is 26.3 Å². The number of rotatable bonds is 3. The van der Waals surface area contributed by atoms with Crippen molar-refractivity contribution in [2.24, 2.45) is 5.92 Å². The normalized spacial score (nSPS) is 18.9. The average molecular weight is 368 g/mol. The van der Waals surface area contributed by atoms with Crippen LogP contribution in [-0.2, 0) is 4.74 Å². The summed E-state index contributed by atoms with van der Waals surface area (Å²) >= 11 is 0. The van der Waals surface area contributed by atoms with Gasteiger partial charge in [-0.1, -0.05) is 60.7 Å². The predicted molar refractivity (Wildman–Crippen MR) is 116 cm³/mol. The molecule has 0 fully saturated rings. The Labute approximate surface area is 165 Å². The van der Waals surface area contributed by atoms with Crippen molar-refractivity contribution in [2.75, 3.05) is 6.61 Å². The first-order valence-corrected chi connectivity index (χ1v) is 10.3. The van der Waals surface area contributed by atoms with Crippen LogP contribution in [0.2, 0.25) is 0 Å². The Morgan fingerprint density at radius 1 is 0.821 bits per heavy atom. The summed E-state index contributed by atoms with van der Waals surface area (Å²) in [5.74, 6) is 0.268. The van der Waals surface area contributed by atoms with Gasteiger partial charge >= 0.3 is 5.97 Å².